The molecule has 158 valence electrons. The molecule has 0 saturated carbocycles. The zero-order valence-corrected chi connectivity index (χ0v) is 16.7. The van der Waals surface area contributed by atoms with Crippen LogP contribution in [-0.2, 0) is 16.0 Å². The highest BCUT2D eigenvalue weighted by atomic mass is 35.5. The van der Waals surface area contributed by atoms with Crippen LogP contribution in [0.25, 0.3) is 0 Å². The summed E-state index contributed by atoms with van der Waals surface area (Å²) in [6, 6.07) is 7.91. The third-order valence-electron chi connectivity index (χ3n) is 4.31. The molecular formula is C19H14ClF3N2O4S. The Bertz CT molecular complexity index is 988. The summed E-state index contributed by atoms with van der Waals surface area (Å²) in [5, 5.41) is 8.46. The van der Waals surface area contributed by atoms with Gasteiger partial charge in [0.1, 0.15) is 5.03 Å². The van der Waals surface area contributed by atoms with Crippen LogP contribution in [0.2, 0.25) is 0 Å². The fourth-order valence-electron chi connectivity index (χ4n) is 2.86. The van der Waals surface area contributed by atoms with Gasteiger partial charge in [0.2, 0.25) is 17.4 Å². The standard InChI is InChI=1S/C19H14ClF3N2O4S/c20-18(21)19(22,23)9-10-3-5-11(6-4-10)25-14(26)8-13(16(25)27)30-15-12(17(28)29)2-1-7-24-15/h1-7,13,18H,8-9H2,(H,28,29)/t13-,18+/m0/s1. The van der Waals surface area contributed by atoms with E-state index in [1.54, 1.807) is 0 Å². The first-order chi connectivity index (χ1) is 14.1. The summed E-state index contributed by atoms with van der Waals surface area (Å²) in [6.45, 7) is 0. The minimum Gasteiger partial charge on any atom is -0.478 e. The molecule has 1 fully saturated rings. The van der Waals surface area contributed by atoms with Crippen LogP contribution in [0, 0.1) is 0 Å². The number of carbonyl (C=O) groups excluding carboxylic acids is 2. The first-order valence-electron chi connectivity index (χ1n) is 8.57. The Labute approximate surface area is 178 Å². The maximum atomic E-state index is 13.4. The van der Waals surface area contributed by atoms with Crippen LogP contribution in [0.15, 0.2) is 47.6 Å². The van der Waals surface area contributed by atoms with Crippen LogP contribution in [0.5, 0.6) is 0 Å². The number of amides is 2. The van der Waals surface area contributed by atoms with E-state index in [1.165, 1.54) is 42.6 Å². The Morgan fingerprint density at radius 1 is 1.30 bits per heavy atom. The van der Waals surface area contributed by atoms with Crippen molar-refractivity contribution in [3.63, 3.8) is 0 Å². The second-order valence-corrected chi connectivity index (χ2v) is 8.02. The van der Waals surface area contributed by atoms with E-state index in [4.69, 9.17) is 11.6 Å². The lowest BCUT2D eigenvalue weighted by atomic mass is 10.1. The van der Waals surface area contributed by atoms with Gasteiger partial charge in [-0.1, -0.05) is 35.5 Å². The molecule has 3 rings (SSSR count). The Balaban J connectivity index is 1.76. The molecule has 1 aliphatic heterocycles. The molecule has 0 spiro atoms. The topological polar surface area (TPSA) is 87.6 Å². The van der Waals surface area contributed by atoms with Gasteiger partial charge >= 0.3 is 5.97 Å². The number of anilines is 1. The molecule has 30 heavy (non-hydrogen) atoms. The molecule has 0 bridgehead atoms. The SMILES string of the molecule is O=C(O)c1cccnc1S[C@H]1CC(=O)N(c2ccc(CC(F)(F)[C@@H](F)Cl)cc2)C1=O. The largest absolute Gasteiger partial charge is 0.478 e. The fraction of sp³-hybridized carbons (Fsp3) is 0.263. The monoisotopic (exact) mass is 458 g/mol. The minimum atomic E-state index is -3.76. The molecule has 2 heterocycles. The van der Waals surface area contributed by atoms with E-state index in [2.05, 4.69) is 4.98 Å². The van der Waals surface area contributed by atoms with Crippen LogP contribution in [0.4, 0.5) is 18.9 Å². The zero-order chi connectivity index (χ0) is 22.1. The molecule has 2 amide bonds. The molecule has 2 aromatic rings. The summed E-state index contributed by atoms with van der Waals surface area (Å²) >= 11 is 5.72. The first kappa shape index (κ1) is 22.1. The van der Waals surface area contributed by atoms with Gasteiger partial charge < -0.3 is 5.11 Å². The van der Waals surface area contributed by atoms with Gasteiger partial charge in [-0.2, -0.15) is 0 Å². The number of halogens is 4. The van der Waals surface area contributed by atoms with Gasteiger partial charge in [-0.05, 0) is 29.8 Å². The lowest BCUT2D eigenvalue weighted by Gasteiger charge is -2.18. The number of carbonyl (C=O) groups is 3. The van der Waals surface area contributed by atoms with Crippen LogP contribution in [0.1, 0.15) is 22.3 Å². The van der Waals surface area contributed by atoms with Crippen molar-refractivity contribution in [2.45, 2.75) is 34.7 Å². The molecule has 6 nitrogen and oxygen atoms in total. The van der Waals surface area contributed by atoms with E-state index >= 15 is 0 Å². The van der Waals surface area contributed by atoms with Crippen molar-refractivity contribution < 1.29 is 32.7 Å². The maximum absolute atomic E-state index is 13.4. The van der Waals surface area contributed by atoms with Gasteiger partial charge in [-0.15, -0.1) is 0 Å². The number of nitrogens with zero attached hydrogens (tertiary/aromatic N) is 2. The number of carboxylic acids is 1. The summed E-state index contributed by atoms with van der Waals surface area (Å²) in [5.74, 6) is -6.06. The lowest BCUT2D eigenvalue weighted by molar-refractivity contribution is -0.121. The Morgan fingerprint density at radius 3 is 2.57 bits per heavy atom. The number of aromatic carboxylic acids is 1. The molecule has 0 radical (unpaired) electrons. The van der Waals surface area contributed by atoms with E-state index < -0.39 is 41.0 Å². The van der Waals surface area contributed by atoms with Gasteiger partial charge in [-0.25, -0.2) is 27.8 Å². The normalized spacial score (nSPS) is 18.0. The van der Waals surface area contributed by atoms with E-state index in [0.717, 1.165) is 16.7 Å². The maximum Gasteiger partial charge on any atom is 0.338 e. The van der Waals surface area contributed by atoms with E-state index in [9.17, 15) is 32.7 Å². The minimum absolute atomic E-state index is 0.0802. The zero-order valence-electron chi connectivity index (χ0n) is 15.1. The smallest absolute Gasteiger partial charge is 0.338 e. The van der Waals surface area contributed by atoms with Crippen molar-refractivity contribution in [3.05, 3.63) is 53.7 Å². The average molecular weight is 459 g/mol. The van der Waals surface area contributed by atoms with Gasteiger partial charge in [0, 0.05) is 19.0 Å². The highest BCUT2D eigenvalue weighted by Gasteiger charge is 2.41. The number of benzene rings is 1. The van der Waals surface area contributed by atoms with Crippen molar-refractivity contribution in [2.24, 2.45) is 0 Å². The highest BCUT2D eigenvalue weighted by Crippen LogP contribution is 2.35. The Morgan fingerprint density at radius 2 is 1.97 bits per heavy atom. The molecule has 0 unspecified atom stereocenters. The number of alkyl halides is 4. The Kier molecular flexibility index (Phi) is 6.37. The number of aromatic nitrogens is 1. The van der Waals surface area contributed by atoms with Crippen LogP contribution in [-0.4, -0.2) is 44.7 Å². The van der Waals surface area contributed by atoms with Crippen LogP contribution < -0.4 is 4.90 Å². The van der Waals surface area contributed by atoms with Crippen molar-refractivity contribution in [3.8, 4) is 0 Å². The molecule has 11 heteroatoms. The fourth-order valence-corrected chi connectivity index (χ4v) is 4.04. The van der Waals surface area contributed by atoms with Crippen molar-refractivity contribution >= 4 is 46.8 Å². The first-order valence-corrected chi connectivity index (χ1v) is 9.88. The number of thioether (sulfide) groups is 1. The number of carboxylic acid groups (broad SMARTS) is 1. The second kappa shape index (κ2) is 8.65. The number of rotatable bonds is 7. The van der Waals surface area contributed by atoms with Gasteiger partial charge in [0.05, 0.1) is 16.5 Å². The summed E-state index contributed by atoms with van der Waals surface area (Å²) < 4.78 is 39.6. The van der Waals surface area contributed by atoms with Gasteiger partial charge in [0.15, 0.2) is 0 Å². The molecule has 1 aliphatic rings. The quantitative estimate of drug-likeness (QED) is 0.500. The van der Waals surface area contributed by atoms with E-state index in [1.807, 2.05) is 0 Å². The summed E-state index contributed by atoms with van der Waals surface area (Å²) in [6.07, 6.45) is 0.274. The lowest BCUT2D eigenvalue weighted by Crippen LogP contribution is -2.31. The average Bonchev–Trinajstić information content (AvgIpc) is 2.95. The van der Waals surface area contributed by atoms with Crippen molar-refractivity contribution in [1.82, 2.24) is 4.98 Å². The molecule has 0 aliphatic carbocycles. The Hall–Kier alpha value is -2.59. The van der Waals surface area contributed by atoms with Gasteiger partial charge in [0.25, 0.3) is 5.92 Å². The van der Waals surface area contributed by atoms with Crippen LogP contribution >= 0.6 is 23.4 Å². The number of hydrogen-bond donors (Lipinski definition) is 1. The molecule has 1 aromatic heterocycles. The molecule has 1 aromatic carbocycles. The van der Waals surface area contributed by atoms with E-state index in [0.29, 0.717) is 0 Å². The summed E-state index contributed by atoms with van der Waals surface area (Å²) in [5.41, 5.74) is -2.67. The summed E-state index contributed by atoms with van der Waals surface area (Å²) in [4.78, 5) is 41.3. The van der Waals surface area contributed by atoms with Crippen molar-refractivity contribution in [2.75, 3.05) is 4.90 Å². The second-order valence-electron chi connectivity index (χ2n) is 6.44. The van der Waals surface area contributed by atoms with Gasteiger partial charge in [-0.3, -0.25) is 9.59 Å². The predicted octanol–water partition coefficient (Wildman–Crippen LogP) is 3.92. The molecule has 1 N–H and O–H groups in total. The number of hydrogen-bond acceptors (Lipinski definition) is 5. The number of imide groups is 1. The third-order valence-corrected chi connectivity index (χ3v) is 5.83. The highest BCUT2D eigenvalue weighted by molar-refractivity contribution is 8.00. The van der Waals surface area contributed by atoms with Crippen molar-refractivity contribution in [1.29, 1.82) is 0 Å². The summed E-state index contributed by atoms with van der Waals surface area (Å²) in [7, 11) is 0. The molecule has 2 atom stereocenters. The third kappa shape index (κ3) is 4.59. The predicted molar refractivity (Wildman–Crippen MR) is 104 cm³/mol. The molecule has 1 saturated heterocycles. The van der Waals surface area contributed by atoms with E-state index in [-0.39, 0.29) is 28.3 Å². The van der Waals surface area contributed by atoms with Crippen LogP contribution in [0.3, 0.4) is 0 Å². The number of pyridine rings is 1. The molecular weight excluding hydrogens is 445 g/mol.